The van der Waals surface area contributed by atoms with Gasteiger partial charge in [-0.2, -0.15) is 0 Å². The average Bonchev–Trinajstić information content (AvgIpc) is 3.25. The average molecular weight is 403 g/mol. The van der Waals surface area contributed by atoms with Crippen LogP contribution in [0.3, 0.4) is 0 Å². The molecule has 1 aliphatic carbocycles. The minimum atomic E-state index is -0.341. The molecule has 30 heavy (non-hydrogen) atoms. The Morgan fingerprint density at radius 2 is 1.90 bits per heavy atom. The molecule has 1 atom stereocenters. The van der Waals surface area contributed by atoms with E-state index < -0.39 is 0 Å². The number of carbonyl (C=O) groups is 1. The quantitative estimate of drug-likeness (QED) is 0.625. The van der Waals surface area contributed by atoms with Crippen molar-refractivity contribution in [1.29, 1.82) is 0 Å². The molecule has 2 aliphatic rings. The second-order valence-corrected chi connectivity index (χ2v) is 8.29. The van der Waals surface area contributed by atoms with E-state index in [9.17, 15) is 4.79 Å². The molecule has 0 radical (unpaired) electrons. The van der Waals surface area contributed by atoms with E-state index in [-0.39, 0.29) is 11.3 Å². The summed E-state index contributed by atoms with van der Waals surface area (Å²) in [5, 5.41) is 8.40. The molecular formula is C24H25N3O3. The number of carbonyl (C=O) groups excluding carboxylic acids is 1. The van der Waals surface area contributed by atoms with Gasteiger partial charge in [0.15, 0.2) is 0 Å². The minimum Gasteiger partial charge on any atom is -0.497 e. The smallest absolute Gasteiger partial charge is 0.247 e. The van der Waals surface area contributed by atoms with Crippen molar-refractivity contribution in [2.75, 3.05) is 20.2 Å². The molecule has 1 unspecified atom stereocenters. The molecule has 2 aromatic carbocycles. The summed E-state index contributed by atoms with van der Waals surface area (Å²) >= 11 is 0. The Kier molecular flexibility index (Phi) is 4.77. The molecule has 0 N–H and O–H groups in total. The number of nitrogens with zero attached hydrogens (tertiary/aromatic N) is 3. The van der Waals surface area contributed by atoms with Crippen LogP contribution < -0.4 is 4.74 Å². The molecule has 2 heterocycles. The lowest BCUT2D eigenvalue weighted by atomic mass is 9.94. The van der Waals surface area contributed by atoms with E-state index in [0.717, 1.165) is 49.2 Å². The lowest BCUT2D eigenvalue weighted by Gasteiger charge is -2.23. The van der Waals surface area contributed by atoms with Crippen molar-refractivity contribution in [3.05, 3.63) is 66.1 Å². The third kappa shape index (κ3) is 3.47. The van der Waals surface area contributed by atoms with Crippen LogP contribution in [-0.2, 0) is 16.6 Å². The maximum absolute atomic E-state index is 13.3. The van der Waals surface area contributed by atoms with Gasteiger partial charge in [0.25, 0.3) is 0 Å². The molecule has 5 rings (SSSR count). The Bertz CT molecular complexity index is 1030. The van der Waals surface area contributed by atoms with Crippen molar-refractivity contribution >= 4 is 5.91 Å². The van der Waals surface area contributed by atoms with Crippen LogP contribution in [0.5, 0.6) is 5.75 Å². The van der Waals surface area contributed by atoms with Crippen molar-refractivity contribution in [2.45, 2.75) is 31.1 Å². The fraction of sp³-hybridized carbons (Fsp3) is 0.375. The third-order valence-corrected chi connectivity index (χ3v) is 6.33. The van der Waals surface area contributed by atoms with E-state index in [0.29, 0.717) is 24.1 Å². The van der Waals surface area contributed by atoms with Gasteiger partial charge in [-0.25, -0.2) is 0 Å². The minimum absolute atomic E-state index is 0.255. The first-order chi connectivity index (χ1) is 14.7. The zero-order chi connectivity index (χ0) is 20.6. The van der Waals surface area contributed by atoms with E-state index in [1.54, 1.807) is 7.11 Å². The van der Waals surface area contributed by atoms with E-state index in [2.05, 4.69) is 10.2 Å². The Morgan fingerprint density at radius 1 is 1.13 bits per heavy atom. The molecule has 2 fully saturated rings. The fourth-order valence-corrected chi connectivity index (χ4v) is 4.43. The van der Waals surface area contributed by atoms with Gasteiger partial charge < -0.3 is 14.1 Å². The maximum atomic E-state index is 13.3. The Balaban J connectivity index is 1.23. The second-order valence-electron chi connectivity index (χ2n) is 8.29. The van der Waals surface area contributed by atoms with Gasteiger partial charge in [-0.3, -0.25) is 4.79 Å². The van der Waals surface area contributed by atoms with Gasteiger partial charge in [-0.15, -0.1) is 10.2 Å². The normalized spacial score (nSPS) is 19.6. The molecule has 154 valence electrons. The van der Waals surface area contributed by atoms with Crippen LogP contribution in [0, 0.1) is 5.92 Å². The second kappa shape index (κ2) is 7.59. The van der Waals surface area contributed by atoms with Crippen LogP contribution in [0.4, 0.5) is 0 Å². The Morgan fingerprint density at radius 3 is 2.60 bits per heavy atom. The zero-order valence-electron chi connectivity index (χ0n) is 17.1. The fourth-order valence-electron chi connectivity index (χ4n) is 4.43. The van der Waals surface area contributed by atoms with Crippen LogP contribution >= 0.6 is 0 Å². The first-order valence-corrected chi connectivity index (χ1v) is 10.5. The summed E-state index contributed by atoms with van der Waals surface area (Å²) in [4.78, 5) is 15.3. The van der Waals surface area contributed by atoms with Gasteiger partial charge in [-0.05, 0) is 55.0 Å². The van der Waals surface area contributed by atoms with E-state index >= 15 is 0 Å². The van der Waals surface area contributed by atoms with Crippen molar-refractivity contribution in [1.82, 2.24) is 15.1 Å². The SMILES string of the molecule is COc1ccc(C2(C(=O)N3CCC(Cc4nnc(-c5ccccc5)o4)C3)CC2)cc1. The van der Waals surface area contributed by atoms with Crippen molar-refractivity contribution in [3.8, 4) is 17.2 Å². The summed E-state index contributed by atoms with van der Waals surface area (Å²) in [6, 6.07) is 17.7. The van der Waals surface area contributed by atoms with Crippen LogP contribution in [-0.4, -0.2) is 41.2 Å². The standard InChI is InChI=1S/C24H25N3O3/c1-29-20-9-7-19(8-10-20)24(12-13-24)23(28)27-14-11-17(16-27)15-21-25-26-22(30-21)18-5-3-2-4-6-18/h2-10,17H,11-16H2,1H3. The predicted molar refractivity (Wildman–Crippen MR) is 112 cm³/mol. The molecule has 1 amide bonds. The summed E-state index contributed by atoms with van der Waals surface area (Å²) < 4.78 is 11.1. The molecular weight excluding hydrogens is 378 g/mol. The zero-order valence-corrected chi connectivity index (χ0v) is 17.1. The number of hydrogen-bond acceptors (Lipinski definition) is 5. The summed E-state index contributed by atoms with van der Waals surface area (Å²) in [6.45, 7) is 1.54. The monoisotopic (exact) mass is 403 g/mol. The molecule has 1 saturated carbocycles. The number of benzene rings is 2. The number of ether oxygens (including phenoxy) is 1. The van der Waals surface area contributed by atoms with Gasteiger partial charge in [0.05, 0.1) is 12.5 Å². The lowest BCUT2D eigenvalue weighted by Crippen LogP contribution is -2.38. The summed E-state index contributed by atoms with van der Waals surface area (Å²) in [6.07, 6.45) is 3.51. The summed E-state index contributed by atoms with van der Waals surface area (Å²) in [5.41, 5.74) is 1.68. The molecule has 1 saturated heterocycles. The number of hydrogen-bond donors (Lipinski definition) is 0. The van der Waals surface area contributed by atoms with Gasteiger partial charge in [-0.1, -0.05) is 30.3 Å². The van der Waals surface area contributed by atoms with Crippen molar-refractivity contribution in [3.63, 3.8) is 0 Å². The Hall–Kier alpha value is -3.15. The van der Waals surface area contributed by atoms with Gasteiger partial charge in [0.1, 0.15) is 5.75 Å². The van der Waals surface area contributed by atoms with Crippen molar-refractivity contribution in [2.24, 2.45) is 5.92 Å². The molecule has 1 aliphatic heterocycles. The maximum Gasteiger partial charge on any atom is 0.247 e. The summed E-state index contributed by atoms with van der Waals surface area (Å²) in [5.74, 6) is 2.62. The number of methoxy groups -OCH3 is 1. The molecule has 1 aromatic heterocycles. The predicted octanol–water partition coefficient (Wildman–Crippen LogP) is 3.87. The van der Waals surface area contributed by atoms with Gasteiger partial charge in [0, 0.05) is 25.1 Å². The topological polar surface area (TPSA) is 68.5 Å². The summed E-state index contributed by atoms with van der Waals surface area (Å²) in [7, 11) is 1.66. The first-order valence-electron chi connectivity index (χ1n) is 10.5. The highest BCUT2D eigenvalue weighted by molar-refractivity contribution is 5.91. The van der Waals surface area contributed by atoms with Crippen LogP contribution in [0.25, 0.3) is 11.5 Å². The largest absolute Gasteiger partial charge is 0.497 e. The highest BCUT2D eigenvalue weighted by atomic mass is 16.5. The van der Waals surface area contributed by atoms with Crippen LogP contribution in [0.2, 0.25) is 0 Å². The molecule has 3 aromatic rings. The molecule has 6 heteroatoms. The van der Waals surface area contributed by atoms with Gasteiger partial charge in [0.2, 0.25) is 17.7 Å². The highest BCUT2D eigenvalue weighted by Crippen LogP contribution is 2.50. The number of rotatable bonds is 6. The van der Waals surface area contributed by atoms with E-state index in [1.807, 2.05) is 59.5 Å². The molecule has 0 spiro atoms. The molecule has 0 bridgehead atoms. The van der Waals surface area contributed by atoms with Crippen LogP contribution in [0.15, 0.2) is 59.0 Å². The lowest BCUT2D eigenvalue weighted by molar-refractivity contribution is -0.133. The molecule has 6 nitrogen and oxygen atoms in total. The van der Waals surface area contributed by atoms with E-state index in [4.69, 9.17) is 9.15 Å². The number of aromatic nitrogens is 2. The van der Waals surface area contributed by atoms with Crippen molar-refractivity contribution < 1.29 is 13.9 Å². The Labute approximate surface area is 175 Å². The van der Waals surface area contributed by atoms with E-state index in [1.165, 1.54) is 0 Å². The number of likely N-dealkylation sites (tertiary alicyclic amines) is 1. The van der Waals surface area contributed by atoms with Gasteiger partial charge >= 0.3 is 0 Å². The highest BCUT2D eigenvalue weighted by Gasteiger charge is 2.53. The number of amides is 1. The third-order valence-electron chi connectivity index (χ3n) is 6.33. The first kappa shape index (κ1) is 18.9. The van der Waals surface area contributed by atoms with Crippen LogP contribution in [0.1, 0.15) is 30.7 Å².